The van der Waals surface area contributed by atoms with Crippen LogP contribution in [0.15, 0.2) is 47.4 Å². The minimum Gasteiger partial charge on any atom is -0.482 e. The molecule has 2 aromatic carbocycles. The van der Waals surface area contributed by atoms with Gasteiger partial charge in [0.1, 0.15) is 10.1 Å². The molecule has 1 aliphatic rings. The fourth-order valence-electron chi connectivity index (χ4n) is 2.63. The normalized spacial score (nSPS) is 15.1. The highest BCUT2D eigenvalue weighted by atomic mass is 35.5. The molecule has 0 bridgehead atoms. The van der Waals surface area contributed by atoms with Crippen LogP contribution >= 0.6 is 35.6 Å². The lowest BCUT2D eigenvalue weighted by Crippen LogP contribution is -2.27. The Bertz CT molecular complexity index is 990. The van der Waals surface area contributed by atoms with Crippen LogP contribution in [0.1, 0.15) is 18.1 Å². The molecule has 8 heteroatoms. The van der Waals surface area contributed by atoms with Crippen LogP contribution in [0.5, 0.6) is 5.75 Å². The van der Waals surface area contributed by atoms with Gasteiger partial charge in [0.25, 0.3) is 11.8 Å². The molecule has 1 aliphatic heterocycles. The van der Waals surface area contributed by atoms with E-state index in [1.807, 2.05) is 38.1 Å². The van der Waals surface area contributed by atoms with E-state index in [4.69, 9.17) is 28.6 Å². The number of rotatable bonds is 6. The molecule has 2 amide bonds. The Kier molecular flexibility index (Phi) is 6.95. The quantitative estimate of drug-likeness (QED) is 0.505. The molecule has 1 fully saturated rings. The van der Waals surface area contributed by atoms with Crippen molar-refractivity contribution in [3.63, 3.8) is 0 Å². The number of hydrogen-bond donors (Lipinski definition) is 1. The van der Waals surface area contributed by atoms with Gasteiger partial charge in [-0.15, -0.1) is 0 Å². The van der Waals surface area contributed by atoms with Crippen molar-refractivity contribution in [2.45, 2.75) is 13.8 Å². The van der Waals surface area contributed by atoms with Gasteiger partial charge < -0.3 is 10.1 Å². The zero-order chi connectivity index (χ0) is 21.0. The van der Waals surface area contributed by atoms with Crippen LogP contribution in [-0.2, 0) is 9.59 Å². The molecule has 0 atom stereocenters. The zero-order valence-corrected chi connectivity index (χ0v) is 18.3. The van der Waals surface area contributed by atoms with E-state index in [2.05, 4.69) is 5.32 Å². The Morgan fingerprint density at radius 1 is 1.28 bits per heavy atom. The highest BCUT2D eigenvalue weighted by molar-refractivity contribution is 8.26. The molecule has 1 heterocycles. The van der Waals surface area contributed by atoms with Gasteiger partial charge in [-0.05, 0) is 49.8 Å². The number of carbonyl (C=O) groups is 2. The van der Waals surface area contributed by atoms with E-state index >= 15 is 0 Å². The second kappa shape index (κ2) is 9.43. The van der Waals surface area contributed by atoms with Gasteiger partial charge in [-0.1, -0.05) is 59.3 Å². The number of carbonyl (C=O) groups excluding carboxylic acids is 2. The smallest absolute Gasteiger partial charge is 0.266 e. The summed E-state index contributed by atoms with van der Waals surface area (Å²) in [5.74, 6) is 0.00735. The summed E-state index contributed by atoms with van der Waals surface area (Å²) in [5, 5.41) is 3.12. The molecule has 150 valence electrons. The Hall–Kier alpha value is -2.35. The van der Waals surface area contributed by atoms with Crippen molar-refractivity contribution in [3.8, 4) is 5.75 Å². The number of benzene rings is 2. The first-order valence-corrected chi connectivity index (χ1v) is 10.5. The first-order chi connectivity index (χ1) is 13.9. The zero-order valence-electron chi connectivity index (χ0n) is 15.9. The lowest BCUT2D eigenvalue weighted by atomic mass is 10.2. The molecule has 0 radical (unpaired) electrons. The number of likely N-dealkylation sites (N-methyl/N-ethyl adjacent to an activating group) is 1. The molecule has 0 aromatic heterocycles. The van der Waals surface area contributed by atoms with Gasteiger partial charge in [0.15, 0.2) is 6.61 Å². The summed E-state index contributed by atoms with van der Waals surface area (Å²) in [7, 11) is 0. The maximum atomic E-state index is 12.3. The molecule has 2 aromatic rings. The van der Waals surface area contributed by atoms with E-state index in [0.29, 0.717) is 32.2 Å². The predicted molar refractivity (Wildman–Crippen MR) is 122 cm³/mol. The molecule has 5 nitrogen and oxygen atoms in total. The standard InChI is InChI=1S/C21H19ClN2O3S2/c1-3-24-20(26)18(29-21(24)28)11-14-6-9-17(16(22)10-14)27-12-19(25)23-15-7-4-13(2)5-8-15/h4-11H,3,12H2,1-2H3,(H,23,25)/b18-11-. The van der Waals surface area contributed by atoms with Gasteiger partial charge in [0, 0.05) is 12.2 Å². The van der Waals surface area contributed by atoms with Crippen LogP contribution in [0.2, 0.25) is 5.02 Å². The van der Waals surface area contributed by atoms with Crippen LogP contribution in [0.4, 0.5) is 5.69 Å². The number of nitrogens with zero attached hydrogens (tertiary/aromatic N) is 1. The number of thiocarbonyl (C=S) groups is 1. The van der Waals surface area contributed by atoms with Gasteiger partial charge in [0.05, 0.1) is 9.93 Å². The van der Waals surface area contributed by atoms with Crippen molar-refractivity contribution in [1.29, 1.82) is 0 Å². The molecule has 0 unspecified atom stereocenters. The molecular weight excluding hydrogens is 428 g/mol. The van der Waals surface area contributed by atoms with Gasteiger partial charge in [0.2, 0.25) is 0 Å². The number of nitrogens with one attached hydrogen (secondary N) is 1. The van der Waals surface area contributed by atoms with Crippen molar-refractivity contribution in [2.75, 3.05) is 18.5 Å². The Labute approximate surface area is 184 Å². The average Bonchev–Trinajstić information content (AvgIpc) is 2.95. The highest BCUT2D eigenvalue weighted by Gasteiger charge is 2.30. The summed E-state index contributed by atoms with van der Waals surface area (Å²) in [6, 6.07) is 12.6. The summed E-state index contributed by atoms with van der Waals surface area (Å²) < 4.78 is 6.08. The fraction of sp³-hybridized carbons (Fsp3) is 0.190. The summed E-state index contributed by atoms with van der Waals surface area (Å²) in [6.07, 6.45) is 1.74. The van der Waals surface area contributed by atoms with Gasteiger partial charge in [-0.2, -0.15) is 0 Å². The van der Waals surface area contributed by atoms with Gasteiger partial charge >= 0.3 is 0 Å². The second-order valence-electron chi connectivity index (χ2n) is 6.32. The van der Waals surface area contributed by atoms with E-state index in [1.165, 1.54) is 11.8 Å². The topological polar surface area (TPSA) is 58.6 Å². The van der Waals surface area contributed by atoms with Crippen LogP contribution in [0.3, 0.4) is 0 Å². The third-order valence-electron chi connectivity index (χ3n) is 4.14. The molecule has 3 rings (SSSR count). The molecular formula is C21H19ClN2O3S2. The minimum absolute atomic E-state index is 0.105. The van der Waals surface area contributed by atoms with Crippen molar-refractivity contribution >= 4 is 63.5 Å². The molecule has 1 N–H and O–H groups in total. The molecule has 29 heavy (non-hydrogen) atoms. The van der Waals surface area contributed by atoms with Crippen LogP contribution in [0, 0.1) is 6.92 Å². The number of hydrogen-bond acceptors (Lipinski definition) is 5. The maximum absolute atomic E-state index is 12.3. The van der Waals surface area contributed by atoms with E-state index in [9.17, 15) is 9.59 Å². The van der Waals surface area contributed by atoms with E-state index in [-0.39, 0.29) is 18.4 Å². The van der Waals surface area contributed by atoms with E-state index in [0.717, 1.165) is 11.1 Å². The summed E-state index contributed by atoms with van der Waals surface area (Å²) in [6.45, 7) is 4.24. The summed E-state index contributed by atoms with van der Waals surface area (Å²) in [4.78, 5) is 26.5. The molecule has 0 spiro atoms. The van der Waals surface area contributed by atoms with Crippen LogP contribution in [-0.4, -0.2) is 34.2 Å². The number of amides is 2. The van der Waals surface area contributed by atoms with Gasteiger partial charge in [-0.25, -0.2) is 0 Å². The van der Waals surface area contributed by atoms with E-state index in [1.54, 1.807) is 29.2 Å². The van der Waals surface area contributed by atoms with Crippen molar-refractivity contribution < 1.29 is 14.3 Å². The highest BCUT2D eigenvalue weighted by Crippen LogP contribution is 2.33. The van der Waals surface area contributed by atoms with Crippen molar-refractivity contribution in [1.82, 2.24) is 4.90 Å². The second-order valence-corrected chi connectivity index (χ2v) is 8.40. The lowest BCUT2D eigenvalue weighted by molar-refractivity contribution is -0.122. The van der Waals surface area contributed by atoms with Gasteiger partial charge in [-0.3, -0.25) is 14.5 Å². The largest absolute Gasteiger partial charge is 0.482 e. The SMILES string of the molecule is CCN1C(=O)/C(=C/c2ccc(OCC(=O)Nc3ccc(C)cc3)c(Cl)c2)SC1=S. The Morgan fingerprint density at radius 2 is 2.00 bits per heavy atom. The number of halogens is 1. The number of ether oxygens (including phenoxy) is 1. The monoisotopic (exact) mass is 446 g/mol. The first-order valence-electron chi connectivity index (χ1n) is 8.91. The molecule has 1 saturated heterocycles. The third kappa shape index (κ3) is 5.38. The predicted octanol–water partition coefficient (Wildman–Crippen LogP) is 4.89. The number of thioether (sulfide) groups is 1. The number of aryl methyl sites for hydroxylation is 1. The molecule has 0 aliphatic carbocycles. The molecule has 0 saturated carbocycles. The first kappa shape index (κ1) is 21.4. The van der Waals surface area contributed by atoms with Crippen LogP contribution < -0.4 is 10.1 Å². The summed E-state index contributed by atoms with van der Waals surface area (Å²) in [5.41, 5.74) is 2.57. The lowest BCUT2D eigenvalue weighted by Gasteiger charge is -2.10. The average molecular weight is 447 g/mol. The third-order valence-corrected chi connectivity index (χ3v) is 5.81. The Balaban J connectivity index is 1.62. The van der Waals surface area contributed by atoms with E-state index < -0.39 is 0 Å². The minimum atomic E-state index is -0.280. The fourth-order valence-corrected chi connectivity index (χ4v) is 4.25. The van der Waals surface area contributed by atoms with Crippen LogP contribution in [0.25, 0.3) is 6.08 Å². The Morgan fingerprint density at radius 3 is 2.62 bits per heavy atom. The number of anilines is 1. The van der Waals surface area contributed by atoms with Crippen molar-refractivity contribution in [3.05, 3.63) is 63.5 Å². The summed E-state index contributed by atoms with van der Waals surface area (Å²) >= 11 is 12.8. The maximum Gasteiger partial charge on any atom is 0.266 e. The van der Waals surface area contributed by atoms with Crippen molar-refractivity contribution in [2.24, 2.45) is 0 Å².